The van der Waals surface area contributed by atoms with Crippen molar-refractivity contribution >= 4 is 5.91 Å². The van der Waals surface area contributed by atoms with Crippen molar-refractivity contribution in [2.75, 3.05) is 26.2 Å². The minimum Gasteiger partial charge on any atom is -0.339 e. The zero-order valence-electron chi connectivity index (χ0n) is 16.5. The Morgan fingerprint density at radius 3 is 2.45 bits per heavy atom. The van der Waals surface area contributed by atoms with Gasteiger partial charge >= 0.3 is 0 Å². The SMILES string of the molecule is O=C(c1cccc(-n2nccc2-c2ccccc2)c1)N1CC[C@@H]2CNC[C@@H]2CC1. The standard InChI is InChI=1S/C24H26N4O/c29-24(27-13-10-20-16-25-17-21(20)11-14-27)19-7-4-8-22(15-19)28-23(9-12-26-28)18-5-2-1-3-6-18/h1-9,12,15,20-21,25H,10-11,13-14,16-17H2/t20-,21+. The van der Waals surface area contributed by atoms with Gasteiger partial charge < -0.3 is 10.2 Å². The number of rotatable bonds is 3. The van der Waals surface area contributed by atoms with Gasteiger partial charge in [0.1, 0.15) is 0 Å². The smallest absolute Gasteiger partial charge is 0.253 e. The number of hydrogen-bond donors (Lipinski definition) is 1. The van der Waals surface area contributed by atoms with E-state index < -0.39 is 0 Å². The van der Waals surface area contributed by atoms with Crippen LogP contribution in [0.3, 0.4) is 0 Å². The second kappa shape index (κ2) is 7.84. The predicted octanol–water partition coefficient (Wildman–Crippen LogP) is 3.61. The van der Waals surface area contributed by atoms with Gasteiger partial charge in [0.15, 0.2) is 0 Å². The Balaban J connectivity index is 1.39. The predicted molar refractivity (Wildman–Crippen MR) is 114 cm³/mol. The highest BCUT2D eigenvalue weighted by Gasteiger charge is 2.31. The molecule has 1 aromatic heterocycles. The summed E-state index contributed by atoms with van der Waals surface area (Å²) in [5.74, 6) is 1.57. The number of likely N-dealkylation sites (tertiary alicyclic amines) is 1. The number of benzene rings is 2. The first kappa shape index (κ1) is 18.1. The Hall–Kier alpha value is -2.92. The molecule has 5 heteroatoms. The number of aromatic nitrogens is 2. The van der Waals surface area contributed by atoms with Crippen LogP contribution in [0, 0.1) is 11.8 Å². The molecule has 29 heavy (non-hydrogen) atoms. The van der Waals surface area contributed by atoms with Crippen LogP contribution in [0.1, 0.15) is 23.2 Å². The number of carbonyl (C=O) groups is 1. The van der Waals surface area contributed by atoms with Gasteiger partial charge in [-0.2, -0.15) is 5.10 Å². The van der Waals surface area contributed by atoms with Gasteiger partial charge in [0.2, 0.25) is 0 Å². The van der Waals surface area contributed by atoms with Crippen LogP contribution in [0.4, 0.5) is 0 Å². The van der Waals surface area contributed by atoms with Crippen molar-refractivity contribution < 1.29 is 4.79 Å². The molecule has 0 spiro atoms. The normalized spacial score (nSPS) is 21.6. The van der Waals surface area contributed by atoms with Gasteiger partial charge in [-0.15, -0.1) is 0 Å². The molecule has 5 rings (SSSR count). The lowest BCUT2D eigenvalue weighted by atomic mass is 9.92. The van der Waals surface area contributed by atoms with Crippen molar-refractivity contribution in [1.29, 1.82) is 0 Å². The highest BCUT2D eigenvalue weighted by atomic mass is 16.2. The number of fused-ring (bicyclic) bond motifs is 1. The van der Waals surface area contributed by atoms with Crippen molar-refractivity contribution in [3.8, 4) is 16.9 Å². The van der Waals surface area contributed by atoms with Gasteiger partial charge in [-0.05, 0) is 62.0 Å². The molecular weight excluding hydrogens is 360 g/mol. The molecule has 2 fully saturated rings. The lowest BCUT2D eigenvalue weighted by Crippen LogP contribution is -2.32. The largest absolute Gasteiger partial charge is 0.339 e. The Bertz CT molecular complexity index is 983. The van der Waals surface area contributed by atoms with Gasteiger partial charge in [-0.25, -0.2) is 4.68 Å². The maximum Gasteiger partial charge on any atom is 0.253 e. The zero-order valence-corrected chi connectivity index (χ0v) is 16.5. The molecule has 0 bridgehead atoms. The first-order valence-corrected chi connectivity index (χ1v) is 10.5. The van der Waals surface area contributed by atoms with Crippen LogP contribution >= 0.6 is 0 Å². The summed E-state index contributed by atoms with van der Waals surface area (Å²) in [4.78, 5) is 15.3. The molecule has 3 aromatic rings. The molecule has 2 aliphatic rings. The third-order valence-electron chi connectivity index (χ3n) is 6.36. The molecular formula is C24H26N4O. The minimum absolute atomic E-state index is 0.133. The van der Waals surface area contributed by atoms with E-state index in [1.54, 1.807) is 6.20 Å². The molecule has 0 aliphatic carbocycles. The Morgan fingerprint density at radius 2 is 1.69 bits per heavy atom. The van der Waals surface area contributed by atoms with Crippen LogP contribution in [0.25, 0.3) is 16.9 Å². The molecule has 0 radical (unpaired) electrons. The molecule has 3 heterocycles. The monoisotopic (exact) mass is 386 g/mol. The Labute approximate surface area is 171 Å². The maximum atomic E-state index is 13.2. The van der Waals surface area contributed by atoms with Gasteiger partial charge in [0, 0.05) is 24.2 Å². The molecule has 0 unspecified atom stereocenters. The van der Waals surface area contributed by atoms with Gasteiger partial charge in [0.25, 0.3) is 5.91 Å². The van der Waals surface area contributed by atoms with Crippen molar-refractivity contribution in [2.45, 2.75) is 12.8 Å². The quantitative estimate of drug-likeness (QED) is 0.748. The lowest BCUT2D eigenvalue weighted by molar-refractivity contribution is 0.0758. The van der Waals surface area contributed by atoms with Crippen molar-refractivity contribution in [3.05, 3.63) is 72.4 Å². The zero-order chi connectivity index (χ0) is 19.6. The van der Waals surface area contributed by atoms with Crippen LogP contribution in [-0.4, -0.2) is 46.8 Å². The number of nitrogens with one attached hydrogen (secondary N) is 1. The van der Waals surface area contributed by atoms with E-state index in [-0.39, 0.29) is 5.91 Å². The number of hydrogen-bond acceptors (Lipinski definition) is 3. The van der Waals surface area contributed by atoms with E-state index in [4.69, 9.17) is 0 Å². The summed E-state index contributed by atoms with van der Waals surface area (Å²) in [6.45, 7) is 3.90. The summed E-state index contributed by atoms with van der Waals surface area (Å²) in [7, 11) is 0. The molecule has 2 atom stereocenters. The number of nitrogens with zero attached hydrogens (tertiary/aromatic N) is 3. The van der Waals surface area contributed by atoms with E-state index in [1.165, 1.54) is 0 Å². The van der Waals surface area contributed by atoms with Gasteiger partial charge in [-0.3, -0.25) is 4.79 Å². The molecule has 0 saturated carbocycles. The number of amides is 1. The summed E-state index contributed by atoms with van der Waals surface area (Å²) in [6.07, 6.45) is 4.00. The highest BCUT2D eigenvalue weighted by Crippen LogP contribution is 2.28. The second-order valence-electron chi connectivity index (χ2n) is 8.09. The van der Waals surface area contributed by atoms with E-state index in [1.807, 2.05) is 58.1 Å². The van der Waals surface area contributed by atoms with E-state index in [0.717, 1.165) is 73.4 Å². The lowest BCUT2D eigenvalue weighted by Gasteiger charge is -2.21. The molecule has 2 aliphatic heterocycles. The summed E-state index contributed by atoms with van der Waals surface area (Å²) in [5.41, 5.74) is 3.78. The summed E-state index contributed by atoms with van der Waals surface area (Å²) in [5, 5.41) is 8.01. The molecule has 148 valence electrons. The van der Waals surface area contributed by atoms with Crippen LogP contribution < -0.4 is 5.32 Å². The molecule has 2 saturated heterocycles. The Kier molecular flexibility index (Phi) is 4.90. The van der Waals surface area contributed by atoms with Gasteiger partial charge in [0.05, 0.1) is 17.6 Å². The van der Waals surface area contributed by atoms with E-state index in [2.05, 4.69) is 22.5 Å². The summed E-state index contributed by atoms with van der Waals surface area (Å²) < 4.78 is 1.91. The fourth-order valence-corrected chi connectivity index (χ4v) is 4.71. The van der Waals surface area contributed by atoms with Crippen LogP contribution in [0.5, 0.6) is 0 Å². The highest BCUT2D eigenvalue weighted by molar-refractivity contribution is 5.94. The van der Waals surface area contributed by atoms with Crippen molar-refractivity contribution in [2.24, 2.45) is 11.8 Å². The summed E-state index contributed by atoms with van der Waals surface area (Å²) in [6, 6.07) is 20.1. The van der Waals surface area contributed by atoms with E-state index in [0.29, 0.717) is 0 Å². The number of carbonyl (C=O) groups excluding carboxylic acids is 1. The first-order valence-electron chi connectivity index (χ1n) is 10.5. The maximum absolute atomic E-state index is 13.2. The average Bonchev–Trinajstić information content (AvgIpc) is 3.40. The molecule has 1 amide bonds. The van der Waals surface area contributed by atoms with Gasteiger partial charge in [-0.1, -0.05) is 36.4 Å². The fraction of sp³-hybridized carbons (Fsp3) is 0.333. The second-order valence-corrected chi connectivity index (χ2v) is 8.09. The fourth-order valence-electron chi connectivity index (χ4n) is 4.71. The topological polar surface area (TPSA) is 50.2 Å². The van der Waals surface area contributed by atoms with Crippen LogP contribution in [0.15, 0.2) is 66.9 Å². The van der Waals surface area contributed by atoms with E-state index in [9.17, 15) is 4.79 Å². The average molecular weight is 386 g/mol. The first-order chi connectivity index (χ1) is 14.3. The van der Waals surface area contributed by atoms with Crippen molar-refractivity contribution in [3.63, 3.8) is 0 Å². The van der Waals surface area contributed by atoms with Crippen LogP contribution in [-0.2, 0) is 0 Å². The van der Waals surface area contributed by atoms with Crippen LogP contribution in [0.2, 0.25) is 0 Å². The Morgan fingerprint density at radius 1 is 0.931 bits per heavy atom. The summed E-state index contributed by atoms with van der Waals surface area (Å²) >= 11 is 0. The molecule has 1 N–H and O–H groups in total. The third-order valence-corrected chi connectivity index (χ3v) is 6.36. The molecule has 2 aromatic carbocycles. The van der Waals surface area contributed by atoms with E-state index >= 15 is 0 Å². The molecule has 5 nitrogen and oxygen atoms in total. The minimum atomic E-state index is 0.133. The van der Waals surface area contributed by atoms with Crippen molar-refractivity contribution in [1.82, 2.24) is 20.0 Å². The third kappa shape index (κ3) is 3.58.